The van der Waals surface area contributed by atoms with Crippen LogP contribution < -0.4 is 10.6 Å². The first-order chi connectivity index (χ1) is 8.12. The minimum atomic E-state index is -0.142. The van der Waals surface area contributed by atoms with Crippen molar-refractivity contribution in [3.63, 3.8) is 0 Å². The van der Waals surface area contributed by atoms with E-state index in [-0.39, 0.29) is 24.1 Å². The molecule has 2 atom stereocenters. The van der Waals surface area contributed by atoms with E-state index in [9.17, 15) is 9.90 Å². The Morgan fingerprint density at radius 3 is 3.00 bits per heavy atom. The van der Waals surface area contributed by atoms with Crippen molar-refractivity contribution in [2.45, 2.75) is 38.6 Å². The van der Waals surface area contributed by atoms with Crippen LogP contribution in [0.25, 0.3) is 0 Å². The van der Waals surface area contributed by atoms with Crippen molar-refractivity contribution < 1.29 is 9.90 Å². The highest BCUT2D eigenvalue weighted by molar-refractivity contribution is 7.98. The molecule has 5 heteroatoms. The molecule has 1 saturated carbocycles. The highest BCUT2D eigenvalue weighted by atomic mass is 32.2. The average molecular weight is 260 g/mol. The summed E-state index contributed by atoms with van der Waals surface area (Å²) in [4.78, 5) is 11.7. The lowest BCUT2D eigenvalue weighted by Crippen LogP contribution is -2.48. The van der Waals surface area contributed by atoms with Gasteiger partial charge in [0.15, 0.2) is 0 Å². The maximum Gasteiger partial charge on any atom is 0.315 e. The second-order valence-corrected chi connectivity index (χ2v) is 5.99. The molecule has 0 aromatic heterocycles. The van der Waals surface area contributed by atoms with Crippen LogP contribution in [0.2, 0.25) is 0 Å². The highest BCUT2D eigenvalue weighted by Crippen LogP contribution is 2.37. The lowest BCUT2D eigenvalue weighted by atomic mass is 9.86. The van der Waals surface area contributed by atoms with Crippen molar-refractivity contribution in [3.8, 4) is 0 Å². The van der Waals surface area contributed by atoms with Gasteiger partial charge in [-0.15, -0.1) is 0 Å². The van der Waals surface area contributed by atoms with Crippen molar-refractivity contribution in [2.24, 2.45) is 5.41 Å². The largest absolute Gasteiger partial charge is 0.396 e. The molecule has 4 nitrogen and oxygen atoms in total. The van der Waals surface area contributed by atoms with Crippen LogP contribution >= 0.6 is 11.8 Å². The summed E-state index contributed by atoms with van der Waals surface area (Å²) >= 11 is 1.78. The summed E-state index contributed by atoms with van der Waals surface area (Å²) < 4.78 is 0. The molecule has 0 heterocycles. The highest BCUT2D eigenvalue weighted by Gasteiger charge is 2.38. The van der Waals surface area contributed by atoms with Gasteiger partial charge >= 0.3 is 6.03 Å². The Morgan fingerprint density at radius 2 is 2.35 bits per heavy atom. The van der Waals surface area contributed by atoms with Gasteiger partial charge in [-0.05, 0) is 31.3 Å². The molecule has 0 aromatic carbocycles. The lowest BCUT2D eigenvalue weighted by molar-refractivity contribution is 0.121. The molecule has 1 rings (SSSR count). The first-order valence-corrected chi connectivity index (χ1v) is 7.66. The third-order valence-electron chi connectivity index (χ3n) is 3.56. The predicted molar refractivity (Wildman–Crippen MR) is 72.4 cm³/mol. The van der Waals surface area contributed by atoms with Crippen LogP contribution in [0.4, 0.5) is 4.79 Å². The standard InChI is InChI=1S/C12H24N2O2S/c1-12(9-15)6-3-5-10(12)14-11(16)13-7-4-8-17-2/h10,15H,3-9H2,1-2H3,(H2,13,14,16). The summed E-state index contributed by atoms with van der Waals surface area (Å²) in [5.41, 5.74) is -0.142. The summed E-state index contributed by atoms with van der Waals surface area (Å²) in [5, 5.41) is 15.2. The van der Waals surface area contributed by atoms with Crippen LogP contribution in [0.15, 0.2) is 0 Å². The molecule has 1 aliphatic rings. The molecule has 2 amide bonds. The van der Waals surface area contributed by atoms with Gasteiger partial charge in [0.2, 0.25) is 0 Å². The number of nitrogens with one attached hydrogen (secondary N) is 2. The second kappa shape index (κ2) is 7.11. The normalized spacial score (nSPS) is 28.1. The summed E-state index contributed by atoms with van der Waals surface area (Å²) in [6.07, 6.45) is 6.09. The lowest BCUT2D eigenvalue weighted by Gasteiger charge is -2.30. The molecule has 0 aliphatic heterocycles. The molecule has 0 aromatic rings. The maximum atomic E-state index is 11.7. The van der Waals surface area contributed by atoms with Crippen LogP contribution in [-0.2, 0) is 0 Å². The van der Waals surface area contributed by atoms with E-state index in [2.05, 4.69) is 16.9 Å². The summed E-state index contributed by atoms with van der Waals surface area (Å²) in [6.45, 7) is 2.90. The molecule has 0 spiro atoms. The topological polar surface area (TPSA) is 61.4 Å². The molecule has 100 valence electrons. The summed E-state index contributed by atoms with van der Waals surface area (Å²) in [5.74, 6) is 1.07. The molecule has 3 N–H and O–H groups in total. The molecular weight excluding hydrogens is 236 g/mol. The van der Waals surface area contributed by atoms with Crippen molar-refractivity contribution in [2.75, 3.05) is 25.2 Å². The quantitative estimate of drug-likeness (QED) is 0.636. The van der Waals surface area contributed by atoms with E-state index in [1.165, 1.54) is 0 Å². The molecule has 1 aliphatic carbocycles. The summed E-state index contributed by atoms with van der Waals surface area (Å²) in [6, 6.07) is 0.00530. The monoisotopic (exact) mass is 260 g/mol. The molecular formula is C12H24N2O2S. The molecule has 17 heavy (non-hydrogen) atoms. The zero-order chi connectivity index (χ0) is 12.7. The average Bonchev–Trinajstić information content (AvgIpc) is 2.67. The van der Waals surface area contributed by atoms with Gasteiger partial charge in [-0.1, -0.05) is 13.3 Å². The first kappa shape index (κ1) is 14.6. The fourth-order valence-corrected chi connectivity index (χ4v) is 2.73. The van der Waals surface area contributed by atoms with Crippen LogP contribution in [0, 0.1) is 5.41 Å². The Hall–Kier alpha value is -0.420. The minimum absolute atomic E-state index is 0.0994. The minimum Gasteiger partial charge on any atom is -0.396 e. The number of rotatable bonds is 6. The molecule has 0 radical (unpaired) electrons. The Bertz CT molecular complexity index is 251. The Kier molecular flexibility index (Phi) is 6.12. The zero-order valence-corrected chi connectivity index (χ0v) is 11.6. The van der Waals surface area contributed by atoms with Crippen molar-refractivity contribution in [3.05, 3.63) is 0 Å². The van der Waals surface area contributed by atoms with Gasteiger partial charge in [0.25, 0.3) is 0 Å². The number of thioether (sulfide) groups is 1. The fourth-order valence-electron chi connectivity index (χ4n) is 2.30. The van der Waals surface area contributed by atoms with Crippen LogP contribution in [-0.4, -0.2) is 42.3 Å². The molecule has 1 fully saturated rings. The molecule has 0 saturated heterocycles. The van der Waals surface area contributed by atoms with E-state index in [1.54, 1.807) is 11.8 Å². The Balaban J connectivity index is 2.26. The van der Waals surface area contributed by atoms with Crippen LogP contribution in [0.5, 0.6) is 0 Å². The van der Waals surface area contributed by atoms with E-state index < -0.39 is 0 Å². The first-order valence-electron chi connectivity index (χ1n) is 6.26. The third kappa shape index (κ3) is 4.39. The maximum absolute atomic E-state index is 11.7. The molecule has 0 bridgehead atoms. The van der Waals surface area contributed by atoms with E-state index in [0.29, 0.717) is 0 Å². The predicted octanol–water partition coefficient (Wildman–Crippen LogP) is 1.59. The van der Waals surface area contributed by atoms with Crippen molar-refractivity contribution >= 4 is 17.8 Å². The van der Waals surface area contributed by atoms with Gasteiger partial charge in [0.05, 0.1) is 6.61 Å². The number of aliphatic hydroxyl groups is 1. The number of hydrogen-bond acceptors (Lipinski definition) is 3. The van der Waals surface area contributed by atoms with Gasteiger partial charge in [0, 0.05) is 18.0 Å². The van der Waals surface area contributed by atoms with Crippen molar-refractivity contribution in [1.82, 2.24) is 10.6 Å². The van der Waals surface area contributed by atoms with Gasteiger partial charge in [0.1, 0.15) is 0 Å². The summed E-state index contributed by atoms with van der Waals surface area (Å²) in [7, 11) is 0. The number of aliphatic hydroxyl groups excluding tert-OH is 1. The van der Waals surface area contributed by atoms with Gasteiger partial charge in [-0.2, -0.15) is 11.8 Å². The van der Waals surface area contributed by atoms with Gasteiger partial charge in [-0.3, -0.25) is 0 Å². The van der Waals surface area contributed by atoms with E-state index in [4.69, 9.17) is 0 Å². The third-order valence-corrected chi connectivity index (χ3v) is 4.26. The van der Waals surface area contributed by atoms with Gasteiger partial charge in [-0.25, -0.2) is 4.79 Å². The van der Waals surface area contributed by atoms with Crippen molar-refractivity contribution in [1.29, 1.82) is 0 Å². The smallest absolute Gasteiger partial charge is 0.315 e. The number of carbonyl (C=O) groups excluding carboxylic acids is 1. The number of carbonyl (C=O) groups is 1. The SMILES string of the molecule is CSCCCNC(=O)NC1CCCC1(C)CO. The zero-order valence-electron chi connectivity index (χ0n) is 10.8. The number of urea groups is 1. The fraction of sp³-hybridized carbons (Fsp3) is 0.917. The Morgan fingerprint density at radius 1 is 1.59 bits per heavy atom. The van der Waals surface area contributed by atoms with E-state index in [1.807, 2.05) is 6.92 Å². The molecule has 2 unspecified atom stereocenters. The number of hydrogen-bond donors (Lipinski definition) is 3. The number of amides is 2. The van der Waals surface area contributed by atoms with E-state index in [0.717, 1.165) is 38.0 Å². The Labute approximate surface area is 108 Å². The second-order valence-electron chi connectivity index (χ2n) is 5.00. The van der Waals surface area contributed by atoms with Crippen LogP contribution in [0.1, 0.15) is 32.6 Å². The van der Waals surface area contributed by atoms with E-state index >= 15 is 0 Å². The van der Waals surface area contributed by atoms with Gasteiger partial charge < -0.3 is 15.7 Å². The van der Waals surface area contributed by atoms with Crippen LogP contribution in [0.3, 0.4) is 0 Å².